The van der Waals surface area contributed by atoms with E-state index in [0.29, 0.717) is 29.3 Å². The molecular weight excluding hydrogens is 370 g/mol. The summed E-state index contributed by atoms with van der Waals surface area (Å²) in [6.07, 6.45) is 0.473. The first kappa shape index (κ1) is 18.2. The van der Waals surface area contributed by atoms with Crippen LogP contribution in [-0.4, -0.2) is 18.3 Å². The van der Waals surface area contributed by atoms with Crippen LogP contribution >= 0.6 is 15.9 Å². The molecule has 0 atom stereocenters. The summed E-state index contributed by atoms with van der Waals surface area (Å²) >= 11 is 3.38. The average Bonchev–Trinajstić information content (AvgIpc) is 2.53. The monoisotopic (exact) mass is 389 g/mol. The lowest BCUT2D eigenvalue weighted by molar-refractivity contribution is -0.116. The molecule has 0 heterocycles. The van der Waals surface area contributed by atoms with Gasteiger partial charge in [-0.1, -0.05) is 26.0 Å². The maximum atomic E-state index is 12.2. The van der Waals surface area contributed by atoms with E-state index in [1.807, 2.05) is 32.0 Å². The van der Waals surface area contributed by atoms with Gasteiger partial charge in [0.15, 0.2) is 12.4 Å². The summed E-state index contributed by atoms with van der Waals surface area (Å²) < 4.78 is 6.33. The van der Waals surface area contributed by atoms with Crippen LogP contribution in [0, 0.1) is 5.92 Å². The number of para-hydroxylation sites is 1. The second-order valence-corrected chi connectivity index (χ2v) is 6.72. The van der Waals surface area contributed by atoms with Crippen LogP contribution in [0.15, 0.2) is 53.0 Å². The molecule has 2 aromatic carbocycles. The summed E-state index contributed by atoms with van der Waals surface area (Å²) in [6.45, 7) is 3.94. The highest BCUT2D eigenvalue weighted by molar-refractivity contribution is 9.10. The first-order valence-corrected chi connectivity index (χ1v) is 8.55. The minimum atomic E-state index is -0.120. The number of benzene rings is 2. The molecule has 0 aromatic heterocycles. The van der Waals surface area contributed by atoms with Gasteiger partial charge in [0.2, 0.25) is 5.91 Å². The van der Waals surface area contributed by atoms with Crippen LogP contribution in [-0.2, 0) is 4.79 Å². The standard InChI is InChI=1S/C19H20BrNO3/c1-13(2)11-19(23)21-15-9-7-14(8-10-15)17(22)12-24-18-6-4-3-5-16(18)20/h3-10,13H,11-12H2,1-2H3,(H,21,23). The van der Waals surface area contributed by atoms with E-state index in [4.69, 9.17) is 4.74 Å². The highest BCUT2D eigenvalue weighted by Gasteiger charge is 2.09. The molecule has 0 aliphatic rings. The number of ketones is 1. The van der Waals surface area contributed by atoms with Crippen molar-refractivity contribution in [2.45, 2.75) is 20.3 Å². The summed E-state index contributed by atoms with van der Waals surface area (Å²) in [6, 6.07) is 14.2. The van der Waals surface area contributed by atoms with E-state index in [2.05, 4.69) is 21.2 Å². The fraction of sp³-hybridized carbons (Fsp3) is 0.263. The van der Waals surface area contributed by atoms with Crippen molar-refractivity contribution in [1.29, 1.82) is 0 Å². The molecule has 2 rings (SSSR count). The molecule has 5 heteroatoms. The number of amides is 1. The van der Waals surface area contributed by atoms with Gasteiger partial charge >= 0.3 is 0 Å². The maximum absolute atomic E-state index is 12.2. The minimum Gasteiger partial charge on any atom is -0.484 e. The SMILES string of the molecule is CC(C)CC(=O)Nc1ccc(C(=O)COc2ccccc2Br)cc1. The first-order valence-electron chi connectivity index (χ1n) is 7.76. The Labute approximate surface area is 150 Å². The number of Topliss-reactive ketones (excluding diaryl/α,β-unsaturated/α-hetero) is 1. The second-order valence-electron chi connectivity index (χ2n) is 5.87. The number of hydrogen-bond acceptors (Lipinski definition) is 3. The van der Waals surface area contributed by atoms with Gasteiger partial charge in [0, 0.05) is 17.7 Å². The predicted octanol–water partition coefficient (Wildman–Crippen LogP) is 4.70. The Hall–Kier alpha value is -2.14. The van der Waals surface area contributed by atoms with E-state index in [1.54, 1.807) is 30.3 Å². The van der Waals surface area contributed by atoms with Crippen molar-refractivity contribution in [3.05, 3.63) is 58.6 Å². The van der Waals surface area contributed by atoms with E-state index in [1.165, 1.54) is 0 Å². The Morgan fingerprint density at radius 2 is 1.75 bits per heavy atom. The third kappa shape index (κ3) is 5.49. The van der Waals surface area contributed by atoms with Gasteiger partial charge in [0.1, 0.15) is 5.75 Å². The number of hydrogen-bond donors (Lipinski definition) is 1. The number of halogens is 1. The summed E-state index contributed by atoms with van der Waals surface area (Å²) in [4.78, 5) is 23.9. The van der Waals surface area contributed by atoms with Gasteiger partial charge in [-0.05, 0) is 58.2 Å². The van der Waals surface area contributed by atoms with Crippen molar-refractivity contribution in [2.75, 3.05) is 11.9 Å². The number of carbonyl (C=O) groups excluding carboxylic acids is 2. The predicted molar refractivity (Wildman–Crippen MR) is 98.5 cm³/mol. The summed E-state index contributed by atoms with van der Waals surface area (Å²) in [5, 5.41) is 2.82. The molecule has 1 amide bonds. The Bertz CT molecular complexity index is 711. The zero-order valence-electron chi connectivity index (χ0n) is 13.7. The van der Waals surface area contributed by atoms with Gasteiger partial charge in [-0.2, -0.15) is 0 Å². The zero-order chi connectivity index (χ0) is 17.5. The third-order valence-corrected chi connectivity index (χ3v) is 3.93. The molecule has 2 aromatic rings. The van der Waals surface area contributed by atoms with Gasteiger partial charge in [-0.3, -0.25) is 9.59 Å². The molecule has 24 heavy (non-hydrogen) atoms. The fourth-order valence-corrected chi connectivity index (χ4v) is 2.51. The normalized spacial score (nSPS) is 10.5. The van der Waals surface area contributed by atoms with Gasteiger partial charge in [0.25, 0.3) is 0 Å². The fourth-order valence-electron chi connectivity index (χ4n) is 2.11. The van der Waals surface area contributed by atoms with Crippen LogP contribution in [0.1, 0.15) is 30.6 Å². The molecule has 0 spiro atoms. The molecule has 126 valence electrons. The number of nitrogens with one attached hydrogen (secondary N) is 1. The molecule has 0 aliphatic carbocycles. The van der Waals surface area contributed by atoms with Gasteiger partial charge in [-0.15, -0.1) is 0 Å². The lowest BCUT2D eigenvalue weighted by atomic mass is 10.1. The van der Waals surface area contributed by atoms with Crippen LogP contribution in [0.25, 0.3) is 0 Å². The highest BCUT2D eigenvalue weighted by Crippen LogP contribution is 2.24. The molecule has 0 saturated carbocycles. The molecule has 0 radical (unpaired) electrons. The van der Waals surface area contributed by atoms with Crippen LogP contribution < -0.4 is 10.1 Å². The Balaban J connectivity index is 1.91. The van der Waals surface area contributed by atoms with E-state index < -0.39 is 0 Å². The Morgan fingerprint density at radius 3 is 2.38 bits per heavy atom. The molecular formula is C19H20BrNO3. The summed E-state index contributed by atoms with van der Waals surface area (Å²) in [5.41, 5.74) is 1.23. The van der Waals surface area contributed by atoms with Gasteiger partial charge in [0.05, 0.1) is 4.47 Å². The molecule has 1 N–H and O–H groups in total. The number of ether oxygens (including phenoxy) is 1. The van der Waals surface area contributed by atoms with E-state index in [0.717, 1.165) is 4.47 Å². The zero-order valence-corrected chi connectivity index (χ0v) is 15.3. The van der Waals surface area contributed by atoms with Crippen molar-refractivity contribution >= 4 is 33.3 Å². The first-order chi connectivity index (χ1) is 11.5. The smallest absolute Gasteiger partial charge is 0.224 e. The van der Waals surface area contributed by atoms with Crippen molar-refractivity contribution in [2.24, 2.45) is 5.92 Å². The van der Waals surface area contributed by atoms with Crippen molar-refractivity contribution < 1.29 is 14.3 Å². The second kappa shape index (κ2) is 8.64. The van der Waals surface area contributed by atoms with Crippen LogP contribution in [0.5, 0.6) is 5.75 Å². The van der Waals surface area contributed by atoms with E-state index in [9.17, 15) is 9.59 Å². The van der Waals surface area contributed by atoms with Crippen molar-refractivity contribution in [3.8, 4) is 5.75 Å². The molecule has 0 fully saturated rings. The third-order valence-electron chi connectivity index (χ3n) is 3.28. The van der Waals surface area contributed by atoms with E-state index >= 15 is 0 Å². The van der Waals surface area contributed by atoms with Crippen molar-refractivity contribution in [1.82, 2.24) is 0 Å². The molecule has 0 aliphatic heterocycles. The topological polar surface area (TPSA) is 55.4 Å². The van der Waals surface area contributed by atoms with Gasteiger partial charge < -0.3 is 10.1 Å². The highest BCUT2D eigenvalue weighted by atomic mass is 79.9. The van der Waals surface area contributed by atoms with Crippen LogP contribution in [0.3, 0.4) is 0 Å². The Morgan fingerprint density at radius 1 is 1.08 bits per heavy atom. The maximum Gasteiger partial charge on any atom is 0.224 e. The molecule has 4 nitrogen and oxygen atoms in total. The van der Waals surface area contributed by atoms with Gasteiger partial charge in [-0.25, -0.2) is 0 Å². The molecule has 0 bridgehead atoms. The molecule has 0 saturated heterocycles. The average molecular weight is 390 g/mol. The van der Waals surface area contributed by atoms with Crippen molar-refractivity contribution in [3.63, 3.8) is 0 Å². The quantitative estimate of drug-likeness (QED) is 0.698. The largest absolute Gasteiger partial charge is 0.484 e. The summed E-state index contributed by atoms with van der Waals surface area (Å²) in [5.74, 6) is 0.788. The lowest BCUT2D eigenvalue weighted by Gasteiger charge is -2.09. The lowest BCUT2D eigenvalue weighted by Crippen LogP contribution is -2.14. The minimum absolute atomic E-state index is 0.0265. The Kier molecular flexibility index (Phi) is 6.55. The number of rotatable bonds is 7. The molecule has 0 unspecified atom stereocenters. The number of anilines is 1. The number of carbonyl (C=O) groups is 2. The van der Waals surface area contributed by atoms with E-state index in [-0.39, 0.29) is 18.3 Å². The van der Waals surface area contributed by atoms with Crippen LogP contribution in [0.4, 0.5) is 5.69 Å². The summed E-state index contributed by atoms with van der Waals surface area (Å²) in [7, 11) is 0. The van der Waals surface area contributed by atoms with Crippen LogP contribution in [0.2, 0.25) is 0 Å².